The third kappa shape index (κ3) is 7.15. The molecule has 0 saturated carbocycles. The summed E-state index contributed by atoms with van der Waals surface area (Å²) in [5, 5.41) is 5.13. The predicted octanol–water partition coefficient (Wildman–Crippen LogP) is 5.42. The SMILES string of the molecule is CC(C)(C)OC(=O)N[C@@H](CO[Si](c1ccccc1)(c1ccccc1)C(C)(C)C)[C@H]1C=CC(=O)N1Cc1ccccc1. The third-order valence-corrected chi connectivity index (χ3v) is 12.3. The van der Waals surface area contributed by atoms with Crippen LogP contribution in [0.25, 0.3) is 0 Å². The lowest BCUT2D eigenvalue weighted by molar-refractivity contribution is -0.127. The van der Waals surface area contributed by atoms with E-state index in [2.05, 4.69) is 50.4 Å². The molecule has 6 nitrogen and oxygen atoms in total. The molecule has 4 rings (SSSR count). The maximum absolute atomic E-state index is 13.1. The fraction of sp³-hybridized carbons (Fsp3) is 0.353. The molecule has 1 aliphatic heterocycles. The fourth-order valence-corrected chi connectivity index (χ4v) is 10.1. The lowest BCUT2D eigenvalue weighted by Crippen LogP contribution is -2.68. The smallest absolute Gasteiger partial charge is 0.408 e. The number of ether oxygens (including phenoxy) is 1. The Bertz CT molecular complexity index is 1290. The summed E-state index contributed by atoms with van der Waals surface area (Å²) in [5.74, 6) is -0.0970. The van der Waals surface area contributed by atoms with Gasteiger partial charge in [-0.25, -0.2) is 4.79 Å². The number of amides is 2. The topological polar surface area (TPSA) is 67.9 Å². The Morgan fingerprint density at radius 3 is 1.85 bits per heavy atom. The van der Waals surface area contributed by atoms with E-state index in [0.29, 0.717) is 6.54 Å². The second-order valence-corrected chi connectivity index (χ2v) is 16.8. The van der Waals surface area contributed by atoms with E-state index >= 15 is 0 Å². The van der Waals surface area contributed by atoms with Crippen LogP contribution in [0, 0.1) is 0 Å². The Morgan fingerprint density at radius 2 is 1.37 bits per heavy atom. The molecule has 2 atom stereocenters. The van der Waals surface area contributed by atoms with Crippen LogP contribution >= 0.6 is 0 Å². The number of alkyl carbamates (subject to hydrolysis) is 1. The van der Waals surface area contributed by atoms with Crippen LogP contribution in [-0.4, -0.2) is 49.5 Å². The first-order valence-electron chi connectivity index (χ1n) is 14.2. The number of carbonyl (C=O) groups is 2. The number of nitrogens with one attached hydrogen (secondary N) is 1. The fourth-order valence-electron chi connectivity index (χ4n) is 5.50. The number of rotatable bonds is 9. The molecule has 2 amide bonds. The summed E-state index contributed by atoms with van der Waals surface area (Å²) < 4.78 is 12.9. The van der Waals surface area contributed by atoms with Gasteiger partial charge in [-0.1, -0.05) is 118 Å². The van der Waals surface area contributed by atoms with Crippen molar-refractivity contribution in [1.82, 2.24) is 10.2 Å². The highest BCUT2D eigenvalue weighted by Crippen LogP contribution is 2.37. The van der Waals surface area contributed by atoms with Gasteiger partial charge < -0.3 is 19.4 Å². The van der Waals surface area contributed by atoms with E-state index < -0.39 is 32.1 Å². The second-order valence-electron chi connectivity index (χ2n) is 12.5. The first-order valence-corrected chi connectivity index (χ1v) is 16.1. The molecular formula is C34H42N2O4Si. The van der Waals surface area contributed by atoms with Crippen LogP contribution in [-0.2, 0) is 20.5 Å². The molecular weight excluding hydrogens is 528 g/mol. The number of nitrogens with zero attached hydrogens (tertiary/aromatic N) is 1. The summed E-state index contributed by atoms with van der Waals surface area (Å²) in [6, 6.07) is 29.7. The second kappa shape index (κ2) is 12.5. The Morgan fingerprint density at radius 1 is 0.854 bits per heavy atom. The molecule has 0 aromatic heterocycles. The normalized spacial score (nSPS) is 16.5. The molecule has 3 aromatic carbocycles. The monoisotopic (exact) mass is 570 g/mol. The maximum atomic E-state index is 13.1. The quantitative estimate of drug-likeness (QED) is 0.349. The van der Waals surface area contributed by atoms with Gasteiger partial charge in [-0.3, -0.25) is 4.79 Å². The minimum atomic E-state index is -2.89. The summed E-state index contributed by atoms with van der Waals surface area (Å²) in [6.45, 7) is 12.8. The van der Waals surface area contributed by atoms with Crippen molar-refractivity contribution in [1.29, 1.82) is 0 Å². The van der Waals surface area contributed by atoms with Crippen molar-refractivity contribution in [2.45, 2.75) is 70.8 Å². The Hall–Kier alpha value is -3.68. The molecule has 41 heavy (non-hydrogen) atoms. The van der Waals surface area contributed by atoms with Gasteiger partial charge in [0.15, 0.2) is 0 Å². The van der Waals surface area contributed by atoms with E-state index in [-0.39, 0.29) is 17.6 Å². The molecule has 1 heterocycles. The van der Waals surface area contributed by atoms with Gasteiger partial charge in [0.1, 0.15) is 5.60 Å². The number of carbonyl (C=O) groups excluding carboxylic acids is 2. The molecule has 0 unspecified atom stereocenters. The van der Waals surface area contributed by atoms with Crippen molar-refractivity contribution in [3.63, 3.8) is 0 Å². The maximum Gasteiger partial charge on any atom is 0.408 e. The third-order valence-electron chi connectivity index (χ3n) is 7.29. The highest BCUT2D eigenvalue weighted by atomic mass is 28.4. The summed E-state index contributed by atoms with van der Waals surface area (Å²) in [6.07, 6.45) is 2.91. The predicted molar refractivity (Wildman–Crippen MR) is 167 cm³/mol. The largest absolute Gasteiger partial charge is 0.444 e. The highest BCUT2D eigenvalue weighted by Gasteiger charge is 2.51. The van der Waals surface area contributed by atoms with Gasteiger partial charge in [0.25, 0.3) is 8.32 Å². The van der Waals surface area contributed by atoms with Crippen molar-refractivity contribution in [2.75, 3.05) is 6.61 Å². The van der Waals surface area contributed by atoms with E-state index in [0.717, 1.165) is 15.9 Å². The van der Waals surface area contributed by atoms with Gasteiger partial charge in [-0.15, -0.1) is 0 Å². The number of benzene rings is 3. The average Bonchev–Trinajstić information content (AvgIpc) is 3.28. The first kappa shape index (κ1) is 30.3. The Balaban J connectivity index is 1.73. The molecule has 7 heteroatoms. The van der Waals surface area contributed by atoms with E-state index in [9.17, 15) is 9.59 Å². The standard InChI is InChI=1S/C34H42N2O4Si/c1-33(2,3)40-32(38)35-29(30-22-23-31(37)36(30)24-26-16-10-7-11-17-26)25-39-41(34(4,5)6,27-18-12-8-13-19-27)28-20-14-9-15-21-28/h7-23,29-30H,24-25H2,1-6H3,(H,35,38)/t29-,30+/m0/s1. The van der Waals surface area contributed by atoms with Crippen molar-refractivity contribution in [3.8, 4) is 0 Å². The molecule has 1 N–H and O–H groups in total. The zero-order valence-electron chi connectivity index (χ0n) is 25.0. The van der Waals surface area contributed by atoms with E-state index in [1.54, 1.807) is 11.0 Å². The van der Waals surface area contributed by atoms with Crippen LogP contribution in [0.15, 0.2) is 103 Å². The van der Waals surface area contributed by atoms with Crippen LogP contribution in [0.3, 0.4) is 0 Å². The first-order chi connectivity index (χ1) is 19.4. The molecule has 0 aliphatic carbocycles. The molecule has 0 spiro atoms. The van der Waals surface area contributed by atoms with Gasteiger partial charge in [-0.05, 0) is 41.7 Å². The van der Waals surface area contributed by atoms with Crippen LogP contribution in [0.5, 0.6) is 0 Å². The minimum Gasteiger partial charge on any atom is -0.444 e. The summed E-state index contributed by atoms with van der Waals surface area (Å²) in [7, 11) is -2.89. The van der Waals surface area contributed by atoms with Crippen molar-refractivity contribution in [2.24, 2.45) is 0 Å². The number of hydrogen-bond donors (Lipinski definition) is 1. The highest BCUT2D eigenvalue weighted by molar-refractivity contribution is 6.99. The van der Waals surface area contributed by atoms with Crippen LogP contribution < -0.4 is 15.7 Å². The van der Waals surface area contributed by atoms with Crippen molar-refractivity contribution in [3.05, 3.63) is 109 Å². The van der Waals surface area contributed by atoms with E-state index in [1.165, 1.54) is 0 Å². The van der Waals surface area contributed by atoms with Gasteiger partial charge >= 0.3 is 6.09 Å². The van der Waals surface area contributed by atoms with Crippen molar-refractivity contribution >= 4 is 30.7 Å². The molecule has 3 aromatic rings. The molecule has 0 bridgehead atoms. The lowest BCUT2D eigenvalue weighted by Gasteiger charge is -2.44. The summed E-state index contributed by atoms with van der Waals surface area (Å²) in [4.78, 5) is 28.0. The van der Waals surface area contributed by atoms with Crippen molar-refractivity contribution < 1.29 is 18.8 Å². The Labute approximate surface area is 245 Å². The molecule has 0 saturated heterocycles. The molecule has 0 fully saturated rings. The minimum absolute atomic E-state index is 0.0970. The number of hydrogen-bond acceptors (Lipinski definition) is 4. The van der Waals surface area contributed by atoms with Gasteiger partial charge in [-0.2, -0.15) is 0 Å². The average molecular weight is 571 g/mol. The summed E-state index contributed by atoms with van der Waals surface area (Å²) >= 11 is 0. The summed E-state index contributed by atoms with van der Waals surface area (Å²) in [5.41, 5.74) is 0.344. The van der Waals surface area contributed by atoms with Gasteiger partial charge in [0, 0.05) is 12.6 Å². The van der Waals surface area contributed by atoms with Crippen LogP contribution in [0.4, 0.5) is 4.79 Å². The molecule has 216 valence electrons. The van der Waals surface area contributed by atoms with Gasteiger partial charge in [0.05, 0.1) is 18.7 Å². The lowest BCUT2D eigenvalue weighted by atomic mass is 10.1. The van der Waals surface area contributed by atoms with E-state index in [4.69, 9.17) is 9.16 Å². The zero-order valence-corrected chi connectivity index (χ0v) is 26.0. The van der Waals surface area contributed by atoms with E-state index in [1.807, 2.05) is 93.6 Å². The molecule has 0 radical (unpaired) electrons. The van der Waals surface area contributed by atoms with Gasteiger partial charge in [0.2, 0.25) is 5.91 Å². The zero-order chi connectivity index (χ0) is 29.7. The van der Waals surface area contributed by atoms with Crippen LogP contribution in [0.1, 0.15) is 47.1 Å². The van der Waals surface area contributed by atoms with Crippen LogP contribution in [0.2, 0.25) is 5.04 Å². The molecule has 1 aliphatic rings. The Kier molecular flexibility index (Phi) is 9.20.